The van der Waals surface area contributed by atoms with Gasteiger partial charge in [0, 0.05) is 18.1 Å². The van der Waals surface area contributed by atoms with Crippen molar-refractivity contribution in [3.8, 4) is 6.07 Å². The van der Waals surface area contributed by atoms with Gasteiger partial charge in [-0.25, -0.2) is 0 Å². The zero-order chi connectivity index (χ0) is 13.9. The van der Waals surface area contributed by atoms with E-state index in [1.54, 1.807) is 0 Å². The van der Waals surface area contributed by atoms with E-state index in [0.717, 1.165) is 18.9 Å². The Hall–Kier alpha value is -0.590. The molecule has 19 heavy (non-hydrogen) atoms. The van der Waals surface area contributed by atoms with E-state index in [2.05, 4.69) is 37.3 Å². The van der Waals surface area contributed by atoms with Gasteiger partial charge in [0.1, 0.15) is 0 Å². The zero-order valence-electron chi connectivity index (χ0n) is 12.8. The predicted molar refractivity (Wildman–Crippen MR) is 78.8 cm³/mol. The first-order valence-corrected chi connectivity index (χ1v) is 7.88. The molecule has 0 bridgehead atoms. The third-order valence-corrected chi connectivity index (χ3v) is 5.39. The van der Waals surface area contributed by atoms with Gasteiger partial charge < -0.3 is 10.2 Å². The molecule has 0 heterocycles. The number of nitriles is 1. The first-order valence-electron chi connectivity index (χ1n) is 7.88. The summed E-state index contributed by atoms with van der Waals surface area (Å²) in [5.74, 6) is 1.06. The van der Waals surface area contributed by atoms with Crippen molar-refractivity contribution in [1.82, 2.24) is 10.2 Å². The fourth-order valence-corrected chi connectivity index (χ4v) is 4.04. The molecule has 0 aromatic rings. The Balaban J connectivity index is 1.96. The van der Waals surface area contributed by atoms with E-state index in [1.165, 1.54) is 38.5 Å². The maximum atomic E-state index is 9.19. The number of nitrogens with zero attached hydrogens (tertiary/aromatic N) is 2. The molecular formula is C16H29N3. The van der Waals surface area contributed by atoms with E-state index in [0.29, 0.717) is 11.6 Å². The smallest absolute Gasteiger partial charge is 0.0672 e. The van der Waals surface area contributed by atoms with E-state index in [-0.39, 0.29) is 5.92 Å². The average molecular weight is 263 g/mol. The highest BCUT2D eigenvalue weighted by atomic mass is 15.2. The molecule has 2 saturated carbocycles. The Kier molecular flexibility index (Phi) is 4.86. The molecule has 2 fully saturated rings. The Bertz CT molecular complexity index is 333. The van der Waals surface area contributed by atoms with Gasteiger partial charge in [-0.2, -0.15) is 5.26 Å². The second kappa shape index (κ2) is 6.24. The standard InChI is InChI=1S/C16H29N3/c1-13-6-5-9-16(10-13,19(2)3)12-18-15-8-4-7-14(15)11-17/h13-15,18H,4-10,12H2,1-3H3. The Morgan fingerprint density at radius 1 is 1.26 bits per heavy atom. The Labute approximate surface area is 118 Å². The summed E-state index contributed by atoms with van der Waals surface area (Å²) in [6.45, 7) is 3.43. The van der Waals surface area contributed by atoms with Crippen LogP contribution in [-0.4, -0.2) is 37.1 Å². The second-order valence-electron chi connectivity index (χ2n) is 6.97. The molecule has 2 rings (SSSR count). The SMILES string of the molecule is CC1CCCC(CNC2CCCC2C#N)(N(C)C)C1. The van der Waals surface area contributed by atoms with Crippen LogP contribution in [0.1, 0.15) is 51.9 Å². The zero-order valence-corrected chi connectivity index (χ0v) is 12.8. The molecule has 0 aromatic carbocycles. The van der Waals surface area contributed by atoms with Crippen LogP contribution < -0.4 is 5.32 Å². The van der Waals surface area contributed by atoms with E-state index >= 15 is 0 Å². The van der Waals surface area contributed by atoms with Crippen LogP contribution in [0, 0.1) is 23.2 Å². The summed E-state index contributed by atoms with van der Waals surface area (Å²) < 4.78 is 0. The van der Waals surface area contributed by atoms with Crippen LogP contribution in [0.5, 0.6) is 0 Å². The van der Waals surface area contributed by atoms with Gasteiger partial charge in [-0.1, -0.05) is 26.2 Å². The minimum atomic E-state index is 0.236. The van der Waals surface area contributed by atoms with Crippen molar-refractivity contribution in [2.75, 3.05) is 20.6 Å². The number of hydrogen-bond donors (Lipinski definition) is 1. The summed E-state index contributed by atoms with van der Waals surface area (Å²) in [5.41, 5.74) is 0.306. The topological polar surface area (TPSA) is 39.1 Å². The maximum absolute atomic E-state index is 9.19. The van der Waals surface area contributed by atoms with Crippen LogP contribution in [0.4, 0.5) is 0 Å². The first-order chi connectivity index (χ1) is 9.07. The highest BCUT2D eigenvalue weighted by Gasteiger charge is 2.38. The van der Waals surface area contributed by atoms with Crippen molar-refractivity contribution in [3.05, 3.63) is 0 Å². The number of likely N-dealkylation sites (N-methyl/N-ethyl adjacent to an activating group) is 1. The lowest BCUT2D eigenvalue weighted by Crippen LogP contribution is -2.56. The van der Waals surface area contributed by atoms with Crippen molar-refractivity contribution in [2.24, 2.45) is 11.8 Å². The largest absolute Gasteiger partial charge is 0.311 e. The second-order valence-corrected chi connectivity index (χ2v) is 6.97. The van der Waals surface area contributed by atoms with Gasteiger partial charge in [0.15, 0.2) is 0 Å². The predicted octanol–water partition coefficient (Wildman–Crippen LogP) is 2.78. The fraction of sp³-hybridized carbons (Fsp3) is 0.938. The highest BCUT2D eigenvalue weighted by molar-refractivity contribution is 5.00. The highest BCUT2D eigenvalue weighted by Crippen LogP contribution is 2.36. The molecule has 4 atom stereocenters. The molecule has 0 amide bonds. The molecule has 0 spiro atoms. The summed E-state index contributed by atoms with van der Waals surface area (Å²) in [7, 11) is 4.44. The molecule has 2 aliphatic rings. The molecule has 0 saturated heterocycles. The van der Waals surface area contributed by atoms with Gasteiger partial charge in [-0.15, -0.1) is 0 Å². The van der Waals surface area contributed by atoms with Gasteiger partial charge in [0.2, 0.25) is 0 Å². The lowest BCUT2D eigenvalue weighted by atomic mass is 9.75. The summed E-state index contributed by atoms with van der Waals surface area (Å²) >= 11 is 0. The van der Waals surface area contributed by atoms with E-state index in [1.807, 2.05) is 0 Å². The Morgan fingerprint density at radius 2 is 2.05 bits per heavy atom. The van der Waals surface area contributed by atoms with Gasteiger partial charge >= 0.3 is 0 Å². The lowest BCUT2D eigenvalue weighted by molar-refractivity contribution is 0.0715. The maximum Gasteiger partial charge on any atom is 0.0672 e. The number of nitrogens with one attached hydrogen (secondary N) is 1. The third kappa shape index (κ3) is 3.30. The van der Waals surface area contributed by atoms with Crippen molar-refractivity contribution >= 4 is 0 Å². The van der Waals surface area contributed by atoms with Gasteiger partial charge in [0.25, 0.3) is 0 Å². The van der Waals surface area contributed by atoms with Crippen LogP contribution >= 0.6 is 0 Å². The first kappa shape index (κ1) is 14.8. The van der Waals surface area contributed by atoms with Crippen molar-refractivity contribution < 1.29 is 0 Å². The molecule has 108 valence electrons. The van der Waals surface area contributed by atoms with E-state index in [4.69, 9.17) is 0 Å². The van der Waals surface area contributed by atoms with Crippen LogP contribution in [0.15, 0.2) is 0 Å². The Morgan fingerprint density at radius 3 is 2.68 bits per heavy atom. The third-order valence-electron chi connectivity index (χ3n) is 5.39. The molecule has 1 N–H and O–H groups in total. The molecule has 4 unspecified atom stereocenters. The average Bonchev–Trinajstić information content (AvgIpc) is 2.83. The van der Waals surface area contributed by atoms with E-state index < -0.39 is 0 Å². The summed E-state index contributed by atoms with van der Waals surface area (Å²) in [5, 5.41) is 12.9. The molecule has 3 nitrogen and oxygen atoms in total. The molecule has 3 heteroatoms. The fourth-order valence-electron chi connectivity index (χ4n) is 4.04. The van der Waals surface area contributed by atoms with Crippen LogP contribution in [0.2, 0.25) is 0 Å². The van der Waals surface area contributed by atoms with Crippen LogP contribution in [-0.2, 0) is 0 Å². The van der Waals surface area contributed by atoms with Crippen LogP contribution in [0.3, 0.4) is 0 Å². The lowest BCUT2D eigenvalue weighted by Gasteiger charge is -2.46. The monoisotopic (exact) mass is 263 g/mol. The molecule has 2 aliphatic carbocycles. The number of hydrogen-bond acceptors (Lipinski definition) is 3. The van der Waals surface area contributed by atoms with Gasteiger partial charge in [-0.05, 0) is 45.7 Å². The van der Waals surface area contributed by atoms with Crippen molar-refractivity contribution in [1.29, 1.82) is 5.26 Å². The molecule has 0 aliphatic heterocycles. The van der Waals surface area contributed by atoms with Gasteiger partial charge in [0.05, 0.1) is 12.0 Å². The van der Waals surface area contributed by atoms with Gasteiger partial charge in [-0.3, -0.25) is 0 Å². The molecule has 0 aromatic heterocycles. The van der Waals surface area contributed by atoms with Crippen molar-refractivity contribution in [2.45, 2.75) is 63.5 Å². The summed E-state index contributed by atoms with van der Waals surface area (Å²) in [6, 6.07) is 2.91. The van der Waals surface area contributed by atoms with Crippen molar-refractivity contribution in [3.63, 3.8) is 0 Å². The van der Waals surface area contributed by atoms with E-state index in [9.17, 15) is 5.26 Å². The minimum absolute atomic E-state index is 0.236. The molecular weight excluding hydrogens is 234 g/mol. The summed E-state index contributed by atoms with van der Waals surface area (Å²) in [4.78, 5) is 2.42. The molecule has 0 radical (unpaired) electrons. The minimum Gasteiger partial charge on any atom is -0.311 e. The van der Waals surface area contributed by atoms with Crippen LogP contribution in [0.25, 0.3) is 0 Å². The summed E-state index contributed by atoms with van der Waals surface area (Å²) in [6.07, 6.45) is 8.77. The normalized spacial score (nSPS) is 39.4. The quantitative estimate of drug-likeness (QED) is 0.847. The number of rotatable bonds is 4.